The van der Waals surface area contributed by atoms with Gasteiger partial charge < -0.3 is 9.64 Å². The Kier molecular flexibility index (Phi) is 5.96. The average molecular weight is 367 g/mol. The van der Waals surface area contributed by atoms with E-state index in [1.54, 1.807) is 11.1 Å². The third kappa shape index (κ3) is 4.67. The minimum Gasteiger partial charge on any atom is -0.494 e. The summed E-state index contributed by atoms with van der Waals surface area (Å²) < 4.78 is 5.44. The fraction of sp³-hybridized carbons (Fsp3) is 0.250. The number of amides is 1. The first-order valence-electron chi connectivity index (χ1n) is 8.47. The third-order valence-corrected chi connectivity index (χ3v) is 4.76. The fourth-order valence-electron chi connectivity index (χ4n) is 2.50. The summed E-state index contributed by atoms with van der Waals surface area (Å²) in [7, 11) is 1.81. The van der Waals surface area contributed by atoms with Gasteiger partial charge in [0.1, 0.15) is 10.8 Å². The lowest BCUT2D eigenvalue weighted by molar-refractivity contribution is -0.129. The highest BCUT2D eigenvalue weighted by Gasteiger charge is 2.13. The summed E-state index contributed by atoms with van der Waals surface area (Å²) in [6, 6.07) is 13.5. The summed E-state index contributed by atoms with van der Waals surface area (Å²) in [5, 5.41) is 2.76. The molecular weight excluding hydrogens is 346 g/mol. The van der Waals surface area contributed by atoms with Crippen LogP contribution in [0.15, 0.2) is 54.0 Å². The molecule has 0 aliphatic carbocycles. The molecule has 0 fully saturated rings. The van der Waals surface area contributed by atoms with Crippen molar-refractivity contribution in [2.24, 2.45) is 0 Å². The van der Waals surface area contributed by atoms with Gasteiger partial charge >= 0.3 is 0 Å². The zero-order valence-corrected chi connectivity index (χ0v) is 15.7. The molecule has 0 aliphatic heterocycles. The maximum absolute atomic E-state index is 12.5. The number of rotatable bonds is 7. The Bertz CT molecular complexity index is 847. The molecule has 1 amide bonds. The number of hydrogen-bond acceptors (Lipinski definition) is 5. The van der Waals surface area contributed by atoms with E-state index in [0.29, 0.717) is 13.2 Å². The number of likely N-dealkylation sites (N-methyl/N-ethyl adjacent to an activating group) is 1. The van der Waals surface area contributed by atoms with E-state index < -0.39 is 0 Å². The van der Waals surface area contributed by atoms with E-state index in [1.165, 1.54) is 11.3 Å². The Morgan fingerprint density at radius 1 is 1.19 bits per heavy atom. The number of nitrogens with zero attached hydrogens (tertiary/aromatic N) is 3. The minimum absolute atomic E-state index is 0.0387. The normalized spacial score (nSPS) is 10.5. The van der Waals surface area contributed by atoms with E-state index >= 15 is 0 Å². The van der Waals surface area contributed by atoms with Gasteiger partial charge in [-0.15, -0.1) is 11.3 Å². The molecule has 0 radical (unpaired) electrons. The van der Waals surface area contributed by atoms with Gasteiger partial charge in [0.2, 0.25) is 5.91 Å². The Balaban J connectivity index is 1.58. The van der Waals surface area contributed by atoms with Gasteiger partial charge in [0.15, 0.2) is 0 Å². The average Bonchev–Trinajstić information content (AvgIpc) is 3.13. The quantitative estimate of drug-likeness (QED) is 0.637. The summed E-state index contributed by atoms with van der Waals surface area (Å²) >= 11 is 1.51. The number of pyridine rings is 1. The topological polar surface area (TPSA) is 55.3 Å². The van der Waals surface area contributed by atoms with Crippen molar-refractivity contribution >= 4 is 17.2 Å². The van der Waals surface area contributed by atoms with Crippen LogP contribution in [0.2, 0.25) is 0 Å². The van der Waals surface area contributed by atoms with Crippen LogP contribution in [0.25, 0.3) is 10.7 Å². The Morgan fingerprint density at radius 2 is 2.00 bits per heavy atom. The molecule has 0 spiro atoms. The summed E-state index contributed by atoms with van der Waals surface area (Å²) in [5.74, 6) is 0.881. The van der Waals surface area contributed by atoms with Crippen molar-refractivity contribution in [1.82, 2.24) is 14.9 Å². The largest absolute Gasteiger partial charge is 0.494 e. The van der Waals surface area contributed by atoms with E-state index in [2.05, 4.69) is 9.97 Å². The number of hydrogen-bond donors (Lipinski definition) is 0. The third-order valence-electron chi connectivity index (χ3n) is 3.85. The van der Waals surface area contributed by atoms with E-state index in [-0.39, 0.29) is 12.3 Å². The molecule has 2 aromatic heterocycles. The molecule has 3 rings (SSSR count). The molecule has 0 bridgehead atoms. The van der Waals surface area contributed by atoms with Crippen molar-refractivity contribution in [2.45, 2.75) is 19.9 Å². The van der Waals surface area contributed by atoms with Crippen LogP contribution in [0, 0.1) is 0 Å². The SMILES string of the molecule is CCOc1ccc(CN(C)C(=O)Cc2csc(-c3ccccn3)n2)cc1. The van der Waals surface area contributed by atoms with Gasteiger partial charge in [-0.25, -0.2) is 4.98 Å². The van der Waals surface area contributed by atoms with Crippen molar-refractivity contribution in [2.75, 3.05) is 13.7 Å². The van der Waals surface area contributed by atoms with Gasteiger partial charge in [-0.05, 0) is 36.8 Å². The van der Waals surface area contributed by atoms with E-state index in [1.807, 2.05) is 61.8 Å². The predicted octanol–water partition coefficient (Wildman–Crippen LogP) is 3.80. The monoisotopic (exact) mass is 367 g/mol. The lowest BCUT2D eigenvalue weighted by Gasteiger charge is -2.17. The number of aromatic nitrogens is 2. The van der Waals surface area contributed by atoms with Crippen LogP contribution in [0.3, 0.4) is 0 Å². The number of ether oxygens (including phenoxy) is 1. The van der Waals surface area contributed by atoms with Crippen molar-refractivity contribution < 1.29 is 9.53 Å². The minimum atomic E-state index is 0.0387. The van der Waals surface area contributed by atoms with Crippen LogP contribution in [-0.2, 0) is 17.8 Å². The molecule has 5 nitrogen and oxygen atoms in total. The molecule has 0 unspecified atom stereocenters. The van der Waals surface area contributed by atoms with Gasteiger partial charge in [-0.1, -0.05) is 18.2 Å². The van der Waals surface area contributed by atoms with Crippen LogP contribution in [0.4, 0.5) is 0 Å². The summed E-state index contributed by atoms with van der Waals surface area (Å²) in [4.78, 5) is 23.0. The summed E-state index contributed by atoms with van der Waals surface area (Å²) in [6.45, 7) is 3.16. The Hall–Kier alpha value is -2.73. The molecule has 1 aromatic carbocycles. The van der Waals surface area contributed by atoms with E-state index in [9.17, 15) is 4.79 Å². The van der Waals surface area contributed by atoms with E-state index in [4.69, 9.17) is 4.74 Å². The second kappa shape index (κ2) is 8.58. The van der Waals surface area contributed by atoms with Crippen LogP contribution in [0.1, 0.15) is 18.2 Å². The molecule has 3 aromatic rings. The molecule has 0 atom stereocenters. The van der Waals surface area contributed by atoms with E-state index in [0.717, 1.165) is 27.7 Å². The Labute approximate surface area is 157 Å². The van der Waals surface area contributed by atoms with Crippen LogP contribution >= 0.6 is 11.3 Å². The summed E-state index contributed by atoms with van der Waals surface area (Å²) in [5.41, 5.74) is 2.68. The summed E-state index contributed by atoms with van der Waals surface area (Å²) in [6.07, 6.45) is 2.03. The first-order valence-corrected chi connectivity index (χ1v) is 9.35. The zero-order chi connectivity index (χ0) is 18.4. The second-order valence-corrected chi connectivity index (χ2v) is 6.72. The number of thiazole rings is 1. The lowest BCUT2D eigenvalue weighted by atomic mass is 10.2. The highest BCUT2D eigenvalue weighted by molar-refractivity contribution is 7.13. The molecule has 26 heavy (non-hydrogen) atoms. The fourth-order valence-corrected chi connectivity index (χ4v) is 3.30. The van der Waals surface area contributed by atoms with Crippen molar-refractivity contribution in [1.29, 1.82) is 0 Å². The smallest absolute Gasteiger partial charge is 0.228 e. The highest BCUT2D eigenvalue weighted by Crippen LogP contribution is 2.22. The predicted molar refractivity (Wildman–Crippen MR) is 103 cm³/mol. The zero-order valence-electron chi connectivity index (χ0n) is 14.9. The van der Waals surface area contributed by atoms with Gasteiger partial charge in [-0.2, -0.15) is 0 Å². The Morgan fingerprint density at radius 3 is 2.69 bits per heavy atom. The van der Waals surface area contributed by atoms with Crippen LogP contribution < -0.4 is 4.74 Å². The molecule has 134 valence electrons. The van der Waals surface area contributed by atoms with Crippen molar-refractivity contribution in [3.05, 3.63) is 65.3 Å². The number of carbonyl (C=O) groups is 1. The molecule has 2 heterocycles. The highest BCUT2D eigenvalue weighted by atomic mass is 32.1. The maximum atomic E-state index is 12.5. The molecule has 0 aliphatic rings. The lowest BCUT2D eigenvalue weighted by Crippen LogP contribution is -2.27. The van der Waals surface area contributed by atoms with Gasteiger partial charge in [-0.3, -0.25) is 9.78 Å². The van der Waals surface area contributed by atoms with Crippen molar-refractivity contribution in [3.63, 3.8) is 0 Å². The molecule has 0 N–H and O–H groups in total. The van der Waals surface area contributed by atoms with Crippen LogP contribution in [0.5, 0.6) is 5.75 Å². The first kappa shape index (κ1) is 18.1. The molecule has 0 saturated carbocycles. The van der Waals surface area contributed by atoms with Crippen LogP contribution in [-0.4, -0.2) is 34.4 Å². The molecule has 6 heteroatoms. The molecular formula is C20H21N3O2S. The van der Waals surface area contributed by atoms with Gasteiger partial charge in [0.25, 0.3) is 0 Å². The van der Waals surface area contributed by atoms with Crippen molar-refractivity contribution in [3.8, 4) is 16.5 Å². The van der Waals surface area contributed by atoms with Gasteiger partial charge in [0.05, 0.1) is 24.4 Å². The number of benzene rings is 1. The first-order chi connectivity index (χ1) is 12.7. The van der Waals surface area contributed by atoms with Gasteiger partial charge in [0, 0.05) is 25.2 Å². The maximum Gasteiger partial charge on any atom is 0.228 e. The standard InChI is InChI=1S/C20H21N3O2S/c1-3-25-17-9-7-15(8-10-17)13-23(2)19(24)12-16-14-26-20(22-16)18-6-4-5-11-21-18/h4-11,14H,3,12-13H2,1-2H3. The second-order valence-electron chi connectivity index (χ2n) is 5.86. The molecule has 0 saturated heterocycles. The number of carbonyl (C=O) groups excluding carboxylic acids is 1.